The fraction of sp³-hybridized carbons (Fsp3) is 0.500. The number of benzene rings is 1. The van der Waals surface area contributed by atoms with Crippen LogP contribution in [0.5, 0.6) is 5.75 Å². The first-order valence-corrected chi connectivity index (χ1v) is 7.32. The van der Waals surface area contributed by atoms with E-state index in [1.54, 1.807) is 29.2 Å². The predicted molar refractivity (Wildman–Crippen MR) is 78.2 cm³/mol. The van der Waals surface area contributed by atoms with E-state index in [1.807, 2.05) is 13.0 Å². The Morgan fingerprint density at radius 3 is 2.38 bits per heavy atom. The Hall–Kier alpha value is -2.04. The number of piperidine rings is 1. The molecule has 1 aliphatic heterocycles. The molecule has 5 nitrogen and oxygen atoms in total. The topological polar surface area (TPSA) is 66.8 Å². The number of carboxylic acid groups (broad SMARTS) is 1. The molecule has 0 aromatic heterocycles. The highest BCUT2D eigenvalue weighted by atomic mass is 16.6. The van der Waals surface area contributed by atoms with Gasteiger partial charge in [0.05, 0.1) is 5.41 Å². The van der Waals surface area contributed by atoms with Crippen molar-refractivity contribution in [3.63, 3.8) is 0 Å². The highest BCUT2D eigenvalue weighted by molar-refractivity contribution is 5.76. The summed E-state index contributed by atoms with van der Waals surface area (Å²) in [5.74, 6) is -0.244. The Balaban J connectivity index is 1.94. The van der Waals surface area contributed by atoms with Crippen LogP contribution < -0.4 is 4.74 Å². The standard InChI is InChI=1S/C16H21NO4/c1-2-8-16(14(18)19)9-11-17(12-10-16)15(20)21-13-6-4-3-5-7-13/h3-7H,2,8-12H2,1H3,(H,18,19). The Labute approximate surface area is 124 Å². The minimum Gasteiger partial charge on any atom is -0.481 e. The largest absolute Gasteiger partial charge is 0.481 e. The Bertz CT molecular complexity index is 492. The molecule has 0 spiro atoms. The van der Waals surface area contributed by atoms with E-state index in [0.717, 1.165) is 6.42 Å². The van der Waals surface area contributed by atoms with Crippen LogP contribution in [-0.2, 0) is 4.79 Å². The van der Waals surface area contributed by atoms with Gasteiger partial charge in [0.25, 0.3) is 0 Å². The van der Waals surface area contributed by atoms with Crippen LogP contribution in [0.2, 0.25) is 0 Å². The molecular formula is C16H21NO4. The van der Waals surface area contributed by atoms with Crippen LogP contribution in [0.15, 0.2) is 30.3 Å². The maximum atomic E-state index is 12.1. The van der Waals surface area contributed by atoms with Gasteiger partial charge in [-0.1, -0.05) is 31.5 Å². The molecular weight excluding hydrogens is 270 g/mol. The zero-order chi connectivity index (χ0) is 15.3. The number of aliphatic carboxylic acids is 1. The van der Waals surface area contributed by atoms with E-state index in [-0.39, 0.29) is 0 Å². The first kappa shape index (κ1) is 15.4. The second-order valence-electron chi connectivity index (χ2n) is 5.50. The molecule has 1 N–H and O–H groups in total. The van der Waals surface area contributed by atoms with Gasteiger partial charge < -0.3 is 14.7 Å². The number of nitrogens with zero attached hydrogens (tertiary/aromatic N) is 1. The van der Waals surface area contributed by atoms with Crippen LogP contribution in [-0.4, -0.2) is 35.2 Å². The maximum absolute atomic E-state index is 12.1. The molecule has 1 fully saturated rings. The van der Waals surface area contributed by atoms with E-state index in [4.69, 9.17) is 4.74 Å². The summed E-state index contributed by atoms with van der Waals surface area (Å²) in [6, 6.07) is 8.90. The molecule has 1 amide bonds. The first-order valence-electron chi connectivity index (χ1n) is 7.32. The molecule has 0 bridgehead atoms. The Morgan fingerprint density at radius 1 is 1.24 bits per heavy atom. The molecule has 21 heavy (non-hydrogen) atoms. The van der Waals surface area contributed by atoms with Gasteiger partial charge in [-0.05, 0) is 31.4 Å². The minimum absolute atomic E-state index is 0.406. The molecule has 5 heteroatoms. The van der Waals surface area contributed by atoms with Gasteiger partial charge in [-0.3, -0.25) is 4.79 Å². The van der Waals surface area contributed by atoms with Gasteiger partial charge in [0.2, 0.25) is 0 Å². The molecule has 1 aromatic rings. The van der Waals surface area contributed by atoms with Crippen molar-refractivity contribution in [2.24, 2.45) is 5.41 Å². The number of ether oxygens (including phenoxy) is 1. The Kier molecular flexibility index (Phi) is 4.83. The summed E-state index contributed by atoms with van der Waals surface area (Å²) in [6.07, 6.45) is 2.06. The molecule has 1 aliphatic rings. The summed E-state index contributed by atoms with van der Waals surface area (Å²) in [6.45, 7) is 2.84. The smallest absolute Gasteiger partial charge is 0.415 e. The van der Waals surface area contributed by atoms with Crippen molar-refractivity contribution in [2.45, 2.75) is 32.6 Å². The molecule has 2 rings (SSSR count). The average Bonchev–Trinajstić information content (AvgIpc) is 2.49. The second kappa shape index (κ2) is 6.61. The van der Waals surface area contributed by atoms with Crippen molar-refractivity contribution in [2.75, 3.05) is 13.1 Å². The van der Waals surface area contributed by atoms with Gasteiger partial charge >= 0.3 is 12.1 Å². The third-order valence-corrected chi connectivity index (χ3v) is 4.11. The minimum atomic E-state index is -0.750. The lowest BCUT2D eigenvalue weighted by atomic mass is 9.75. The van der Waals surface area contributed by atoms with Crippen molar-refractivity contribution in [3.8, 4) is 5.75 Å². The van der Waals surface area contributed by atoms with Crippen LogP contribution in [0.3, 0.4) is 0 Å². The summed E-state index contributed by atoms with van der Waals surface area (Å²) in [5.41, 5.74) is -0.682. The molecule has 0 unspecified atom stereocenters. The van der Waals surface area contributed by atoms with E-state index < -0.39 is 17.5 Å². The highest BCUT2D eigenvalue weighted by Gasteiger charge is 2.41. The van der Waals surface area contributed by atoms with Gasteiger partial charge in [0.15, 0.2) is 0 Å². The zero-order valence-electron chi connectivity index (χ0n) is 12.2. The van der Waals surface area contributed by atoms with E-state index in [0.29, 0.717) is 38.1 Å². The van der Waals surface area contributed by atoms with E-state index >= 15 is 0 Å². The fourth-order valence-electron chi connectivity index (χ4n) is 2.82. The number of likely N-dealkylation sites (tertiary alicyclic amines) is 1. The molecule has 1 heterocycles. The second-order valence-corrected chi connectivity index (χ2v) is 5.50. The molecule has 0 atom stereocenters. The van der Waals surface area contributed by atoms with Gasteiger partial charge in [0, 0.05) is 13.1 Å². The van der Waals surface area contributed by atoms with E-state index in [2.05, 4.69) is 0 Å². The van der Waals surface area contributed by atoms with E-state index in [9.17, 15) is 14.7 Å². The van der Waals surface area contributed by atoms with E-state index in [1.165, 1.54) is 0 Å². The molecule has 1 aromatic carbocycles. The molecule has 1 saturated heterocycles. The number of amides is 1. The van der Waals surface area contributed by atoms with Crippen LogP contribution >= 0.6 is 0 Å². The fourth-order valence-corrected chi connectivity index (χ4v) is 2.82. The average molecular weight is 291 g/mol. The SMILES string of the molecule is CCCC1(C(=O)O)CCN(C(=O)Oc2ccccc2)CC1. The first-order chi connectivity index (χ1) is 10.1. The number of carbonyl (C=O) groups excluding carboxylic acids is 1. The van der Waals surface area contributed by atoms with Gasteiger partial charge in [0.1, 0.15) is 5.75 Å². The van der Waals surface area contributed by atoms with Crippen molar-refractivity contribution in [3.05, 3.63) is 30.3 Å². The van der Waals surface area contributed by atoms with Crippen molar-refractivity contribution in [1.29, 1.82) is 0 Å². The van der Waals surface area contributed by atoms with Crippen molar-refractivity contribution >= 4 is 12.1 Å². The highest BCUT2D eigenvalue weighted by Crippen LogP contribution is 2.36. The number of hydrogen-bond acceptors (Lipinski definition) is 3. The maximum Gasteiger partial charge on any atom is 0.415 e. The quantitative estimate of drug-likeness (QED) is 0.925. The third-order valence-electron chi connectivity index (χ3n) is 4.11. The molecule has 0 aliphatic carbocycles. The Morgan fingerprint density at radius 2 is 1.86 bits per heavy atom. The summed E-state index contributed by atoms with van der Waals surface area (Å²) < 4.78 is 5.28. The molecule has 0 radical (unpaired) electrons. The number of carbonyl (C=O) groups is 2. The monoisotopic (exact) mass is 291 g/mol. The number of para-hydroxylation sites is 1. The van der Waals surface area contributed by atoms with Crippen LogP contribution in [0, 0.1) is 5.41 Å². The molecule has 114 valence electrons. The van der Waals surface area contributed by atoms with Crippen molar-refractivity contribution < 1.29 is 19.4 Å². The zero-order valence-corrected chi connectivity index (χ0v) is 12.2. The summed E-state index contributed by atoms with van der Waals surface area (Å²) >= 11 is 0. The van der Waals surface area contributed by atoms with Crippen LogP contribution in [0.25, 0.3) is 0 Å². The summed E-state index contributed by atoms with van der Waals surface area (Å²) in [5, 5.41) is 9.45. The summed E-state index contributed by atoms with van der Waals surface area (Å²) in [4.78, 5) is 25.1. The normalized spacial score (nSPS) is 17.3. The van der Waals surface area contributed by atoms with Crippen LogP contribution in [0.1, 0.15) is 32.6 Å². The third kappa shape index (κ3) is 3.54. The lowest BCUT2D eigenvalue weighted by Crippen LogP contribution is -2.47. The molecule has 0 saturated carbocycles. The number of rotatable bonds is 4. The van der Waals surface area contributed by atoms with Gasteiger partial charge in [-0.15, -0.1) is 0 Å². The predicted octanol–water partition coefficient (Wildman–Crippen LogP) is 3.15. The van der Waals surface area contributed by atoms with Crippen molar-refractivity contribution in [1.82, 2.24) is 4.90 Å². The van der Waals surface area contributed by atoms with Gasteiger partial charge in [-0.25, -0.2) is 4.79 Å². The number of hydrogen-bond donors (Lipinski definition) is 1. The number of carboxylic acids is 1. The van der Waals surface area contributed by atoms with Crippen LogP contribution in [0.4, 0.5) is 4.79 Å². The lowest BCUT2D eigenvalue weighted by Gasteiger charge is -2.38. The summed E-state index contributed by atoms with van der Waals surface area (Å²) in [7, 11) is 0. The van der Waals surface area contributed by atoms with Gasteiger partial charge in [-0.2, -0.15) is 0 Å². The lowest BCUT2D eigenvalue weighted by molar-refractivity contribution is -0.152.